The van der Waals surface area contributed by atoms with E-state index in [1.165, 1.54) is 54.6 Å². The molecule has 0 amide bonds. The van der Waals surface area contributed by atoms with E-state index in [9.17, 15) is 0 Å². The van der Waals surface area contributed by atoms with Crippen molar-refractivity contribution in [2.24, 2.45) is 0 Å². The number of benzene rings is 8. The molecule has 9 aromatic rings. The number of nitrogens with zero attached hydrogens (tertiary/aromatic N) is 3. The largest absolute Gasteiger partial charge is 0.208 e. The monoisotopic (exact) mass is 651 g/mol. The van der Waals surface area contributed by atoms with Crippen molar-refractivity contribution in [3.05, 3.63) is 175 Å². The van der Waals surface area contributed by atoms with Crippen LogP contribution in [-0.2, 0) is 5.41 Å². The quantitative estimate of drug-likeness (QED) is 0.178. The Labute approximate surface area is 297 Å². The molecule has 0 N–H and O–H groups in total. The van der Waals surface area contributed by atoms with E-state index >= 15 is 0 Å². The molecule has 240 valence electrons. The van der Waals surface area contributed by atoms with Crippen molar-refractivity contribution in [1.29, 1.82) is 0 Å². The lowest BCUT2D eigenvalue weighted by Gasteiger charge is -2.22. The van der Waals surface area contributed by atoms with Gasteiger partial charge < -0.3 is 0 Å². The molecule has 0 spiro atoms. The van der Waals surface area contributed by atoms with E-state index in [-0.39, 0.29) is 5.41 Å². The van der Waals surface area contributed by atoms with Crippen molar-refractivity contribution in [1.82, 2.24) is 15.0 Å². The fourth-order valence-electron chi connectivity index (χ4n) is 8.19. The fourth-order valence-corrected chi connectivity index (χ4v) is 8.19. The molecule has 0 saturated heterocycles. The molecule has 1 aromatic heterocycles. The average Bonchev–Trinajstić information content (AvgIpc) is 3.44. The zero-order valence-electron chi connectivity index (χ0n) is 28.4. The summed E-state index contributed by atoms with van der Waals surface area (Å²) in [6.07, 6.45) is 0. The molecule has 3 nitrogen and oxygen atoms in total. The Bertz CT molecular complexity index is 2820. The fraction of sp³-hybridized carbons (Fsp3) is 0.0625. The summed E-state index contributed by atoms with van der Waals surface area (Å²) in [5.74, 6) is 1.96. The third-order valence-electron chi connectivity index (χ3n) is 10.7. The SMILES string of the molecule is CC1(C)c2ccccc2-c2c1ccc1c3ccccc3c3cc(-c4nc(-c5ccccc5)nc(-c5cccc(-c6ccccc6)c5)n4)ccc3c21. The van der Waals surface area contributed by atoms with E-state index in [1.807, 2.05) is 24.3 Å². The summed E-state index contributed by atoms with van der Waals surface area (Å²) in [7, 11) is 0. The van der Waals surface area contributed by atoms with Crippen molar-refractivity contribution in [3.8, 4) is 56.4 Å². The average molecular weight is 652 g/mol. The summed E-state index contributed by atoms with van der Waals surface area (Å²) in [6.45, 7) is 4.70. The Morgan fingerprint density at radius 1 is 0.353 bits per heavy atom. The maximum Gasteiger partial charge on any atom is 0.164 e. The van der Waals surface area contributed by atoms with Crippen LogP contribution in [0.2, 0.25) is 0 Å². The molecule has 8 aromatic carbocycles. The molecular formula is C48H33N3. The standard InChI is InChI=1S/C48H33N3/c1-48(2)41-23-12-11-22-39(41)44-42(48)27-26-37-35-20-9-10-21-36(35)40-29-34(24-25-38(40)43(37)44)47-50-45(31-16-7-4-8-17-31)49-46(51-47)33-19-13-18-32(28-33)30-14-5-3-6-15-30/h3-29H,1-2H3. The van der Waals surface area contributed by atoms with Crippen LogP contribution in [0.3, 0.4) is 0 Å². The summed E-state index contributed by atoms with van der Waals surface area (Å²) < 4.78 is 0. The zero-order valence-corrected chi connectivity index (χ0v) is 28.4. The predicted molar refractivity (Wildman–Crippen MR) is 212 cm³/mol. The van der Waals surface area contributed by atoms with Crippen LogP contribution in [0.15, 0.2) is 164 Å². The van der Waals surface area contributed by atoms with Crippen LogP contribution in [0, 0.1) is 0 Å². The summed E-state index contributed by atoms with van der Waals surface area (Å²) in [5.41, 5.74) is 10.5. The third-order valence-corrected chi connectivity index (χ3v) is 10.7. The lowest BCUT2D eigenvalue weighted by Crippen LogP contribution is -2.14. The van der Waals surface area contributed by atoms with Crippen LogP contribution in [0.5, 0.6) is 0 Å². The van der Waals surface area contributed by atoms with E-state index < -0.39 is 0 Å². The summed E-state index contributed by atoms with van der Waals surface area (Å²) in [4.78, 5) is 15.3. The number of hydrogen-bond acceptors (Lipinski definition) is 3. The molecule has 51 heavy (non-hydrogen) atoms. The first-order chi connectivity index (χ1) is 25.0. The second kappa shape index (κ2) is 11.3. The van der Waals surface area contributed by atoms with E-state index in [0.717, 1.165) is 27.8 Å². The van der Waals surface area contributed by atoms with Gasteiger partial charge in [0.15, 0.2) is 17.5 Å². The number of rotatable bonds is 4. The maximum atomic E-state index is 5.17. The van der Waals surface area contributed by atoms with Gasteiger partial charge in [-0.25, -0.2) is 15.0 Å². The number of hydrogen-bond donors (Lipinski definition) is 0. The minimum atomic E-state index is -0.0784. The molecule has 0 fully saturated rings. The lowest BCUT2D eigenvalue weighted by molar-refractivity contribution is 0.661. The molecule has 1 heterocycles. The highest BCUT2D eigenvalue weighted by atomic mass is 15.0. The Balaban J connectivity index is 1.23. The zero-order chi connectivity index (χ0) is 34.1. The van der Waals surface area contributed by atoms with Crippen molar-refractivity contribution in [3.63, 3.8) is 0 Å². The first-order valence-corrected chi connectivity index (χ1v) is 17.5. The van der Waals surface area contributed by atoms with Gasteiger partial charge in [-0.2, -0.15) is 0 Å². The van der Waals surface area contributed by atoms with Crippen LogP contribution in [0.25, 0.3) is 88.7 Å². The van der Waals surface area contributed by atoms with E-state index in [1.54, 1.807) is 0 Å². The van der Waals surface area contributed by atoms with E-state index in [2.05, 4.69) is 153 Å². The summed E-state index contributed by atoms with van der Waals surface area (Å²) in [5, 5.41) is 7.50. The topological polar surface area (TPSA) is 38.7 Å². The molecule has 0 bridgehead atoms. The Morgan fingerprint density at radius 3 is 1.63 bits per heavy atom. The summed E-state index contributed by atoms with van der Waals surface area (Å²) >= 11 is 0. The maximum absolute atomic E-state index is 5.17. The van der Waals surface area contributed by atoms with Crippen LogP contribution in [0.4, 0.5) is 0 Å². The normalized spacial score (nSPS) is 13.1. The van der Waals surface area contributed by atoms with Crippen LogP contribution >= 0.6 is 0 Å². The Kier molecular flexibility index (Phi) is 6.53. The van der Waals surface area contributed by atoms with Crippen molar-refractivity contribution in [2.45, 2.75) is 19.3 Å². The van der Waals surface area contributed by atoms with E-state index in [4.69, 9.17) is 15.0 Å². The molecule has 1 aliphatic rings. The van der Waals surface area contributed by atoms with Gasteiger partial charge in [-0.15, -0.1) is 0 Å². The molecule has 0 atom stereocenters. The van der Waals surface area contributed by atoms with Gasteiger partial charge in [-0.3, -0.25) is 0 Å². The molecule has 10 rings (SSSR count). The number of aromatic nitrogens is 3. The van der Waals surface area contributed by atoms with Gasteiger partial charge in [0.25, 0.3) is 0 Å². The molecule has 0 radical (unpaired) electrons. The molecular weight excluding hydrogens is 619 g/mol. The minimum Gasteiger partial charge on any atom is -0.208 e. The van der Waals surface area contributed by atoms with Crippen molar-refractivity contribution >= 4 is 32.3 Å². The van der Waals surface area contributed by atoms with Gasteiger partial charge in [0.05, 0.1) is 0 Å². The van der Waals surface area contributed by atoms with Gasteiger partial charge in [0.2, 0.25) is 0 Å². The van der Waals surface area contributed by atoms with Gasteiger partial charge in [0, 0.05) is 22.1 Å². The Morgan fingerprint density at radius 2 is 0.882 bits per heavy atom. The van der Waals surface area contributed by atoms with E-state index in [0.29, 0.717) is 17.5 Å². The highest BCUT2D eigenvalue weighted by Gasteiger charge is 2.36. The second-order valence-corrected chi connectivity index (χ2v) is 14.0. The molecule has 1 aliphatic carbocycles. The molecule has 0 aliphatic heterocycles. The van der Waals surface area contributed by atoms with Gasteiger partial charge in [-0.05, 0) is 77.8 Å². The highest BCUT2D eigenvalue weighted by Crippen LogP contribution is 2.53. The highest BCUT2D eigenvalue weighted by molar-refractivity contribution is 6.29. The van der Waals surface area contributed by atoms with Crippen LogP contribution < -0.4 is 0 Å². The Hall–Kier alpha value is -6.45. The first-order valence-electron chi connectivity index (χ1n) is 17.5. The van der Waals surface area contributed by atoms with Crippen molar-refractivity contribution in [2.75, 3.05) is 0 Å². The van der Waals surface area contributed by atoms with Crippen LogP contribution in [0.1, 0.15) is 25.0 Å². The minimum absolute atomic E-state index is 0.0784. The predicted octanol–water partition coefficient (Wildman–Crippen LogP) is 12.3. The molecule has 0 saturated carbocycles. The summed E-state index contributed by atoms with van der Waals surface area (Å²) in [6, 6.07) is 58.3. The molecule has 0 unspecified atom stereocenters. The lowest BCUT2D eigenvalue weighted by atomic mass is 9.81. The van der Waals surface area contributed by atoms with Gasteiger partial charge >= 0.3 is 0 Å². The first kappa shape index (κ1) is 29.5. The molecule has 3 heteroatoms. The second-order valence-electron chi connectivity index (χ2n) is 14.0. The van der Waals surface area contributed by atoms with Gasteiger partial charge in [0.1, 0.15) is 0 Å². The van der Waals surface area contributed by atoms with Crippen molar-refractivity contribution < 1.29 is 0 Å². The van der Waals surface area contributed by atoms with Crippen LogP contribution in [-0.4, -0.2) is 15.0 Å². The van der Waals surface area contributed by atoms with Gasteiger partial charge in [-0.1, -0.05) is 166 Å². The number of fused-ring (bicyclic) bond motifs is 10. The third kappa shape index (κ3) is 4.62. The smallest absolute Gasteiger partial charge is 0.164 e.